The van der Waals surface area contributed by atoms with E-state index in [9.17, 15) is 0 Å². The Morgan fingerprint density at radius 3 is 2.57 bits per heavy atom. The van der Waals surface area contributed by atoms with Crippen molar-refractivity contribution in [2.24, 2.45) is 0 Å². The van der Waals surface area contributed by atoms with Crippen LogP contribution in [-0.4, -0.2) is 11.5 Å². The summed E-state index contributed by atoms with van der Waals surface area (Å²) in [5.41, 5.74) is 5.78. The second kappa shape index (κ2) is 7.23. The molecule has 0 radical (unpaired) electrons. The fraction of sp³-hybridized carbons (Fsp3) is 0.389. The van der Waals surface area contributed by atoms with Crippen molar-refractivity contribution < 1.29 is 4.74 Å². The summed E-state index contributed by atoms with van der Waals surface area (Å²) in [5.74, 6) is 0.861. The maximum Gasteiger partial charge on any atom is 0.142 e. The number of aryl methyl sites for hydroxylation is 3. The predicted octanol–water partition coefficient (Wildman–Crippen LogP) is 3.70. The van der Waals surface area contributed by atoms with Crippen molar-refractivity contribution in [3.8, 4) is 5.75 Å². The van der Waals surface area contributed by atoms with E-state index in [-0.39, 0.29) is 0 Å². The zero-order valence-corrected chi connectivity index (χ0v) is 13.4. The minimum Gasteiger partial charge on any atom is -0.487 e. The second-order valence-corrected chi connectivity index (χ2v) is 5.39. The molecule has 2 aromatic rings. The van der Waals surface area contributed by atoms with Crippen molar-refractivity contribution >= 4 is 0 Å². The van der Waals surface area contributed by atoms with E-state index in [1.165, 1.54) is 16.7 Å². The molecule has 1 aromatic carbocycles. The van der Waals surface area contributed by atoms with E-state index in [4.69, 9.17) is 4.74 Å². The van der Waals surface area contributed by atoms with Gasteiger partial charge in [-0.1, -0.05) is 25.1 Å². The molecule has 0 aliphatic rings. The lowest BCUT2D eigenvalue weighted by Crippen LogP contribution is -2.14. The van der Waals surface area contributed by atoms with E-state index in [0.717, 1.165) is 30.2 Å². The highest BCUT2D eigenvalue weighted by atomic mass is 16.5. The van der Waals surface area contributed by atoms with Crippen LogP contribution in [0.4, 0.5) is 0 Å². The number of pyridine rings is 1. The Balaban J connectivity index is 2.09. The summed E-state index contributed by atoms with van der Waals surface area (Å²) in [5, 5.41) is 3.30. The molecule has 21 heavy (non-hydrogen) atoms. The summed E-state index contributed by atoms with van der Waals surface area (Å²) >= 11 is 0. The first-order chi connectivity index (χ1) is 10.1. The van der Waals surface area contributed by atoms with Crippen LogP contribution in [0.15, 0.2) is 30.3 Å². The van der Waals surface area contributed by atoms with Gasteiger partial charge in [-0.3, -0.25) is 4.98 Å². The lowest BCUT2D eigenvalue weighted by atomic mass is 10.1. The van der Waals surface area contributed by atoms with E-state index < -0.39 is 0 Å². The SMILES string of the molecule is CCNCc1nc(C)ccc1OCc1ccc(C)c(C)c1. The number of nitrogens with one attached hydrogen (secondary N) is 1. The van der Waals surface area contributed by atoms with Gasteiger partial charge in [-0.05, 0) is 56.1 Å². The van der Waals surface area contributed by atoms with Crippen LogP contribution < -0.4 is 10.1 Å². The van der Waals surface area contributed by atoms with Gasteiger partial charge in [-0.15, -0.1) is 0 Å². The van der Waals surface area contributed by atoms with E-state index in [0.29, 0.717) is 6.61 Å². The van der Waals surface area contributed by atoms with Crippen molar-refractivity contribution in [3.05, 3.63) is 58.4 Å². The zero-order chi connectivity index (χ0) is 15.2. The van der Waals surface area contributed by atoms with E-state index in [1.54, 1.807) is 0 Å². The van der Waals surface area contributed by atoms with Gasteiger partial charge in [0.15, 0.2) is 0 Å². The van der Waals surface area contributed by atoms with Crippen LogP contribution in [0.25, 0.3) is 0 Å². The largest absolute Gasteiger partial charge is 0.487 e. The van der Waals surface area contributed by atoms with Crippen molar-refractivity contribution in [2.45, 2.75) is 40.8 Å². The molecule has 0 fully saturated rings. The average Bonchev–Trinajstić information content (AvgIpc) is 2.47. The number of nitrogens with zero attached hydrogens (tertiary/aromatic N) is 1. The van der Waals surface area contributed by atoms with Gasteiger partial charge in [-0.25, -0.2) is 0 Å². The summed E-state index contributed by atoms with van der Waals surface area (Å²) < 4.78 is 5.97. The van der Waals surface area contributed by atoms with Crippen molar-refractivity contribution in [3.63, 3.8) is 0 Å². The van der Waals surface area contributed by atoms with E-state index in [2.05, 4.69) is 49.3 Å². The monoisotopic (exact) mass is 284 g/mol. The predicted molar refractivity (Wildman–Crippen MR) is 86.6 cm³/mol. The van der Waals surface area contributed by atoms with Gasteiger partial charge in [0.2, 0.25) is 0 Å². The summed E-state index contributed by atoms with van der Waals surface area (Å²) in [7, 11) is 0. The maximum absolute atomic E-state index is 5.97. The Labute approximate surface area is 127 Å². The number of benzene rings is 1. The van der Waals surface area contributed by atoms with Gasteiger partial charge in [-0.2, -0.15) is 0 Å². The van der Waals surface area contributed by atoms with Gasteiger partial charge < -0.3 is 10.1 Å². The van der Waals surface area contributed by atoms with Crippen molar-refractivity contribution in [1.29, 1.82) is 0 Å². The average molecular weight is 284 g/mol. The molecule has 0 amide bonds. The number of ether oxygens (including phenoxy) is 1. The van der Waals surface area contributed by atoms with Gasteiger partial charge >= 0.3 is 0 Å². The molecule has 1 aromatic heterocycles. The number of hydrogen-bond acceptors (Lipinski definition) is 3. The maximum atomic E-state index is 5.97. The molecule has 0 atom stereocenters. The Kier molecular flexibility index (Phi) is 5.34. The molecule has 2 rings (SSSR count). The second-order valence-electron chi connectivity index (χ2n) is 5.39. The first-order valence-electron chi connectivity index (χ1n) is 7.46. The molecular formula is C18H24N2O. The highest BCUT2D eigenvalue weighted by molar-refractivity contribution is 5.32. The van der Waals surface area contributed by atoms with Crippen LogP contribution in [0.1, 0.15) is 35.0 Å². The fourth-order valence-electron chi connectivity index (χ4n) is 2.15. The number of hydrogen-bond donors (Lipinski definition) is 1. The first kappa shape index (κ1) is 15.5. The molecule has 0 spiro atoms. The topological polar surface area (TPSA) is 34.2 Å². The summed E-state index contributed by atoms with van der Waals surface area (Å²) in [4.78, 5) is 4.57. The van der Waals surface area contributed by atoms with Crippen LogP contribution in [0, 0.1) is 20.8 Å². The number of rotatable bonds is 6. The van der Waals surface area contributed by atoms with Gasteiger partial charge in [0.25, 0.3) is 0 Å². The molecule has 0 aliphatic heterocycles. The normalized spacial score (nSPS) is 10.7. The third kappa shape index (κ3) is 4.30. The summed E-state index contributed by atoms with van der Waals surface area (Å²) in [6.45, 7) is 10.6. The lowest BCUT2D eigenvalue weighted by Gasteiger charge is -2.12. The van der Waals surface area contributed by atoms with E-state index >= 15 is 0 Å². The third-order valence-corrected chi connectivity index (χ3v) is 3.58. The Bertz CT molecular complexity index is 608. The molecule has 0 bridgehead atoms. The van der Waals surface area contributed by atoms with Gasteiger partial charge in [0.1, 0.15) is 12.4 Å². The van der Waals surface area contributed by atoms with Gasteiger partial charge in [0, 0.05) is 12.2 Å². The molecule has 0 saturated heterocycles. The molecular weight excluding hydrogens is 260 g/mol. The van der Waals surface area contributed by atoms with Crippen LogP contribution in [0.3, 0.4) is 0 Å². The smallest absolute Gasteiger partial charge is 0.142 e. The molecule has 0 aliphatic carbocycles. The van der Waals surface area contributed by atoms with Gasteiger partial charge in [0.05, 0.1) is 5.69 Å². The Morgan fingerprint density at radius 2 is 1.86 bits per heavy atom. The van der Waals surface area contributed by atoms with Crippen LogP contribution in [-0.2, 0) is 13.2 Å². The summed E-state index contributed by atoms with van der Waals surface area (Å²) in [6, 6.07) is 10.4. The molecule has 112 valence electrons. The molecule has 1 heterocycles. The van der Waals surface area contributed by atoms with Crippen molar-refractivity contribution in [2.75, 3.05) is 6.54 Å². The quantitative estimate of drug-likeness (QED) is 0.878. The summed E-state index contributed by atoms with van der Waals surface area (Å²) in [6.07, 6.45) is 0. The lowest BCUT2D eigenvalue weighted by molar-refractivity contribution is 0.300. The highest BCUT2D eigenvalue weighted by Gasteiger charge is 2.06. The number of aromatic nitrogens is 1. The van der Waals surface area contributed by atoms with Crippen LogP contribution in [0.5, 0.6) is 5.75 Å². The minimum atomic E-state index is 0.574. The molecule has 3 nitrogen and oxygen atoms in total. The minimum absolute atomic E-state index is 0.574. The zero-order valence-electron chi connectivity index (χ0n) is 13.4. The van der Waals surface area contributed by atoms with E-state index in [1.807, 2.05) is 19.1 Å². The van der Waals surface area contributed by atoms with Crippen molar-refractivity contribution in [1.82, 2.24) is 10.3 Å². The first-order valence-corrected chi connectivity index (χ1v) is 7.46. The third-order valence-electron chi connectivity index (χ3n) is 3.58. The van der Waals surface area contributed by atoms with Crippen LogP contribution in [0.2, 0.25) is 0 Å². The Morgan fingerprint density at radius 1 is 1.05 bits per heavy atom. The van der Waals surface area contributed by atoms with Crippen LogP contribution >= 0.6 is 0 Å². The molecule has 0 unspecified atom stereocenters. The molecule has 3 heteroatoms. The fourth-order valence-corrected chi connectivity index (χ4v) is 2.15. The standard InChI is InChI=1S/C18H24N2O/c1-5-19-11-17-18(9-7-15(4)20-17)21-12-16-8-6-13(2)14(3)10-16/h6-10,19H,5,11-12H2,1-4H3. The highest BCUT2D eigenvalue weighted by Crippen LogP contribution is 2.19. The Hall–Kier alpha value is -1.87. The molecule has 0 saturated carbocycles. The molecule has 1 N–H and O–H groups in total.